The number of hydrogen-bond donors (Lipinski definition) is 1. The first kappa shape index (κ1) is 14.7. The second-order valence-electron chi connectivity index (χ2n) is 4.67. The SMILES string of the molecule is Cc1cnc(NC(=O)/C(=C\c2cccs2)c2ccccc2)s1. The normalized spacial score (nSPS) is 11.4. The predicted octanol–water partition coefficient (Wildman–Crippen LogP) is 4.69. The van der Waals surface area contributed by atoms with Crippen LogP contribution in [0.1, 0.15) is 15.3 Å². The lowest BCUT2D eigenvalue weighted by atomic mass is 10.0. The Labute approximate surface area is 137 Å². The number of thiazole rings is 1. The number of carbonyl (C=O) groups is 1. The van der Waals surface area contributed by atoms with Crippen molar-refractivity contribution in [2.45, 2.75) is 6.92 Å². The summed E-state index contributed by atoms with van der Waals surface area (Å²) in [4.78, 5) is 18.9. The van der Waals surface area contributed by atoms with Gasteiger partial charge in [0.1, 0.15) is 0 Å². The van der Waals surface area contributed by atoms with Crippen LogP contribution in [0.5, 0.6) is 0 Å². The molecule has 1 amide bonds. The van der Waals surface area contributed by atoms with Crippen molar-refractivity contribution in [3.05, 3.63) is 69.4 Å². The van der Waals surface area contributed by atoms with E-state index in [1.54, 1.807) is 17.5 Å². The highest BCUT2D eigenvalue weighted by Gasteiger charge is 2.14. The number of aryl methyl sites for hydroxylation is 1. The van der Waals surface area contributed by atoms with E-state index >= 15 is 0 Å². The maximum atomic E-state index is 12.6. The Kier molecular flexibility index (Phi) is 4.46. The average molecular weight is 326 g/mol. The Morgan fingerprint density at radius 3 is 2.64 bits per heavy atom. The summed E-state index contributed by atoms with van der Waals surface area (Å²) < 4.78 is 0. The van der Waals surface area contributed by atoms with Gasteiger partial charge in [0, 0.05) is 21.5 Å². The molecule has 22 heavy (non-hydrogen) atoms. The summed E-state index contributed by atoms with van der Waals surface area (Å²) in [5, 5.41) is 5.50. The van der Waals surface area contributed by atoms with Gasteiger partial charge in [0.05, 0.1) is 0 Å². The Morgan fingerprint density at radius 2 is 2.00 bits per heavy atom. The number of thiophene rings is 1. The number of carbonyl (C=O) groups excluding carboxylic acids is 1. The van der Waals surface area contributed by atoms with Crippen LogP contribution in [0.25, 0.3) is 11.6 Å². The van der Waals surface area contributed by atoms with Crippen molar-refractivity contribution in [2.75, 3.05) is 5.32 Å². The van der Waals surface area contributed by atoms with Crippen molar-refractivity contribution in [1.82, 2.24) is 4.98 Å². The van der Waals surface area contributed by atoms with E-state index in [9.17, 15) is 4.79 Å². The van der Waals surface area contributed by atoms with Gasteiger partial charge < -0.3 is 0 Å². The van der Waals surface area contributed by atoms with Crippen molar-refractivity contribution in [1.29, 1.82) is 0 Å². The largest absolute Gasteiger partial charge is 0.298 e. The molecule has 0 unspecified atom stereocenters. The minimum atomic E-state index is -0.144. The van der Waals surface area contributed by atoms with Gasteiger partial charge in [0.15, 0.2) is 5.13 Å². The number of hydrogen-bond acceptors (Lipinski definition) is 4. The number of nitrogens with one attached hydrogen (secondary N) is 1. The molecule has 0 radical (unpaired) electrons. The first-order chi connectivity index (χ1) is 10.7. The monoisotopic (exact) mass is 326 g/mol. The molecule has 1 aromatic carbocycles. The molecule has 0 saturated carbocycles. The lowest BCUT2D eigenvalue weighted by Gasteiger charge is -2.07. The minimum absolute atomic E-state index is 0.144. The van der Waals surface area contributed by atoms with Crippen molar-refractivity contribution in [2.24, 2.45) is 0 Å². The number of aromatic nitrogens is 1. The lowest BCUT2D eigenvalue weighted by molar-refractivity contribution is -0.111. The van der Waals surface area contributed by atoms with Gasteiger partial charge in [-0.05, 0) is 30.0 Å². The molecule has 0 atom stereocenters. The average Bonchev–Trinajstić information content (AvgIpc) is 3.17. The topological polar surface area (TPSA) is 42.0 Å². The standard InChI is InChI=1S/C17H14N2OS2/c1-12-11-18-17(22-12)19-16(20)15(10-14-8-5-9-21-14)13-6-3-2-4-7-13/h2-11H,1H3,(H,18,19,20)/b15-10-. The Balaban J connectivity index is 1.93. The number of nitrogens with zero attached hydrogens (tertiary/aromatic N) is 1. The molecule has 110 valence electrons. The summed E-state index contributed by atoms with van der Waals surface area (Å²) in [6, 6.07) is 13.6. The third kappa shape index (κ3) is 3.50. The van der Waals surface area contributed by atoms with Gasteiger partial charge in [-0.3, -0.25) is 10.1 Å². The first-order valence-electron chi connectivity index (χ1n) is 6.77. The summed E-state index contributed by atoms with van der Waals surface area (Å²) in [6.45, 7) is 1.97. The van der Waals surface area contributed by atoms with E-state index in [1.807, 2.05) is 60.8 Å². The van der Waals surface area contributed by atoms with Gasteiger partial charge in [-0.15, -0.1) is 22.7 Å². The fourth-order valence-electron chi connectivity index (χ4n) is 1.99. The second kappa shape index (κ2) is 6.68. The minimum Gasteiger partial charge on any atom is -0.298 e. The molecule has 3 nitrogen and oxygen atoms in total. The number of benzene rings is 1. The first-order valence-corrected chi connectivity index (χ1v) is 8.46. The zero-order valence-corrected chi connectivity index (χ0v) is 13.6. The van der Waals surface area contributed by atoms with E-state index in [1.165, 1.54) is 11.3 Å². The lowest BCUT2D eigenvalue weighted by Crippen LogP contribution is -2.13. The maximum absolute atomic E-state index is 12.6. The summed E-state index contributed by atoms with van der Waals surface area (Å²) in [6.07, 6.45) is 3.67. The molecule has 3 aromatic rings. The molecular weight excluding hydrogens is 312 g/mol. The summed E-state index contributed by atoms with van der Waals surface area (Å²) >= 11 is 3.07. The molecule has 3 rings (SSSR count). The van der Waals surface area contributed by atoms with E-state index in [4.69, 9.17) is 0 Å². The zero-order chi connectivity index (χ0) is 15.4. The van der Waals surface area contributed by atoms with Gasteiger partial charge in [-0.25, -0.2) is 4.98 Å². The summed E-state index contributed by atoms with van der Waals surface area (Å²) in [7, 11) is 0. The number of rotatable bonds is 4. The second-order valence-corrected chi connectivity index (χ2v) is 6.88. The van der Waals surface area contributed by atoms with Crippen LogP contribution in [0, 0.1) is 6.92 Å². The van der Waals surface area contributed by atoms with Gasteiger partial charge in [-0.1, -0.05) is 36.4 Å². The number of anilines is 1. The van der Waals surface area contributed by atoms with Gasteiger partial charge in [0.25, 0.3) is 5.91 Å². The van der Waals surface area contributed by atoms with Crippen LogP contribution in [0.15, 0.2) is 54.0 Å². The summed E-state index contributed by atoms with van der Waals surface area (Å²) in [5.74, 6) is -0.144. The van der Waals surface area contributed by atoms with Crippen LogP contribution in [0.2, 0.25) is 0 Å². The molecule has 5 heteroatoms. The molecule has 2 heterocycles. The fourth-order valence-corrected chi connectivity index (χ4v) is 3.31. The van der Waals surface area contributed by atoms with Gasteiger partial charge in [0.2, 0.25) is 0 Å². The molecule has 0 bridgehead atoms. The predicted molar refractivity (Wildman–Crippen MR) is 94.1 cm³/mol. The van der Waals surface area contributed by atoms with Crippen molar-refractivity contribution in [3.8, 4) is 0 Å². The molecule has 1 N–H and O–H groups in total. The molecule has 0 aliphatic rings. The third-order valence-corrected chi connectivity index (χ3v) is 4.65. The van der Waals surface area contributed by atoms with E-state index in [0.717, 1.165) is 15.3 Å². The van der Waals surface area contributed by atoms with E-state index in [0.29, 0.717) is 10.7 Å². The van der Waals surface area contributed by atoms with Crippen LogP contribution in [-0.2, 0) is 4.79 Å². The summed E-state index contributed by atoms with van der Waals surface area (Å²) in [5.41, 5.74) is 1.53. The molecule has 0 aliphatic heterocycles. The van der Waals surface area contributed by atoms with Crippen LogP contribution in [-0.4, -0.2) is 10.9 Å². The van der Waals surface area contributed by atoms with Crippen LogP contribution in [0.4, 0.5) is 5.13 Å². The van der Waals surface area contributed by atoms with Crippen molar-refractivity contribution < 1.29 is 4.79 Å². The smallest absolute Gasteiger partial charge is 0.258 e. The molecule has 0 spiro atoms. The van der Waals surface area contributed by atoms with E-state index < -0.39 is 0 Å². The Bertz CT molecular complexity index is 789. The van der Waals surface area contributed by atoms with Gasteiger partial charge >= 0.3 is 0 Å². The molecule has 0 aliphatic carbocycles. The Morgan fingerprint density at radius 1 is 1.18 bits per heavy atom. The van der Waals surface area contributed by atoms with E-state index in [-0.39, 0.29) is 5.91 Å². The zero-order valence-electron chi connectivity index (χ0n) is 11.9. The maximum Gasteiger partial charge on any atom is 0.258 e. The quantitative estimate of drug-likeness (QED) is 0.707. The Hall–Kier alpha value is -2.24. The fraction of sp³-hybridized carbons (Fsp3) is 0.0588. The highest BCUT2D eigenvalue weighted by molar-refractivity contribution is 7.15. The molecule has 2 aromatic heterocycles. The van der Waals surface area contributed by atoms with Crippen LogP contribution in [0.3, 0.4) is 0 Å². The third-order valence-electron chi connectivity index (χ3n) is 3.00. The molecule has 0 fully saturated rings. The van der Waals surface area contributed by atoms with Crippen molar-refractivity contribution >= 4 is 45.4 Å². The molecule has 0 saturated heterocycles. The highest BCUT2D eigenvalue weighted by Crippen LogP contribution is 2.24. The van der Waals surface area contributed by atoms with Crippen LogP contribution < -0.4 is 5.32 Å². The van der Waals surface area contributed by atoms with Gasteiger partial charge in [-0.2, -0.15) is 0 Å². The number of amides is 1. The van der Waals surface area contributed by atoms with Crippen LogP contribution >= 0.6 is 22.7 Å². The van der Waals surface area contributed by atoms with E-state index in [2.05, 4.69) is 10.3 Å². The molecular formula is C17H14N2OS2. The highest BCUT2D eigenvalue weighted by atomic mass is 32.1. The van der Waals surface area contributed by atoms with Crippen molar-refractivity contribution in [3.63, 3.8) is 0 Å².